The van der Waals surface area contributed by atoms with E-state index in [2.05, 4.69) is 10.4 Å². The maximum atomic E-state index is 6.02. The van der Waals surface area contributed by atoms with Crippen LogP contribution in [-0.2, 0) is 13.5 Å². The van der Waals surface area contributed by atoms with Crippen molar-refractivity contribution in [2.75, 3.05) is 7.05 Å². The van der Waals surface area contributed by atoms with E-state index in [1.54, 1.807) is 4.68 Å². The molecule has 0 aliphatic heterocycles. The van der Waals surface area contributed by atoms with Crippen molar-refractivity contribution in [1.29, 1.82) is 0 Å². The van der Waals surface area contributed by atoms with Gasteiger partial charge < -0.3 is 5.32 Å². The molecule has 0 fully saturated rings. The lowest BCUT2D eigenvalue weighted by molar-refractivity contribution is 0.563. The van der Waals surface area contributed by atoms with Crippen LogP contribution in [0.5, 0.6) is 0 Å². The Balaban J connectivity index is 2.17. The molecule has 5 heteroatoms. The lowest BCUT2D eigenvalue weighted by Gasteiger charge is -2.14. The fraction of sp³-hybridized carbons (Fsp3) is 0.308. The third-order valence-corrected chi connectivity index (χ3v) is 3.60. The summed E-state index contributed by atoms with van der Waals surface area (Å²) in [6.07, 6.45) is 2.76. The molecule has 1 N–H and O–H groups in total. The summed E-state index contributed by atoms with van der Waals surface area (Å²) in [4.78, 5) is 0. The van der Waals surface area contributed by atoms with E-state index in [9.17, 15) is 0 Å². The molecule has 1 heterocycles. The van der Waals surface area contributed by atoms with Gasteiger partial charge in [0, 0.05) is 13.2 Å². The van der Waals surface area contributed by atoms with Crippen LogP contribution in [0.15, 0.2) is 30.5 Å². The molecule has 0 radical (unpaired) electrons. The molecule has 0 aliphatic rings. The average molecular weight is 284 g/mol. The maximum absolute atomic E-state index is 6.02. The maximum Gasteiger partial charge on any atom is 0.0797 e. The SMILES string of the molecule is CNC(Cc1ccc(Cl)c(Cl)c1)c1ccn(C)n1. The number of halogens is 2. The van der Waals surface area contributed by atoms with Crippen LogP contribution in [0.4, 0.5) is 0 Å². The van der Waals surface area contributed by atoms with E-state index in [-0.39, 0.29) is 6.04 Å². The van der Waals surface area contributed by atoms with E-state index in [1.807, 2.05) is 44.6 Å². The predicted molar refractivity (Wildman–Crippen MR) is 75.2 cm³/mol. The van der Waals surface area contributed by atoms with E-state index in [0.717, 1.165) is 17.7 Å². The largest absolute Gasteiger partial charge is 0.311 e. The summed E-state index contributed by atoms with van der Waals surface area (Å²) in [5, 5.41) is 8.85. The quantitative estimate of drug-likeness (QED) is 0.934. The third-order valence-electron chi connectivity index (χ3n) is 2.86. The number of aromatic nitrogens is 2. The van der Waals surface area contributed by atoms with Gasteiger partial charge in [0.25, 0.3) is 0 Å². The lowest BCUT2D eigenvalue weighted by atomic mass is 10.0. The van der Waals surface area contributed by atoms with Gasteiger partial charge in [-0.2, -0.15) is 5.10 Å². The molecule has 0 aliphatic carbocycles. The fourth-order valence-corrected chi connectivity index (χ4v) is 2.20. The van der Waals surface area contributed by atoms with Crippen molar-refractivity contribution in [3.8, 4) is 0 Å². The van der Waals surface area contributed by atoms with E-state index in [4.69, 9.17) is 23.2 Å². The zero-order valence-electron chi connectivity index (χ0n) is 10.3. The van der Waals surface area contributed by atoms with Crippen LogP contribution in [0.25, 0.3) is 0 Å². The molecule has 2 aromatic rings. The van der Waals surface area contributed by atoms with Gasteiger partial charge in [0.15, 0.2) is 0 Å². The van der Waals surface area contributed by atoms with Crippen LogP contribution in [0.1, 0.15) is 17.3 Å². The highest BCUT2D eigenvalue weighted by atomic mass is 35.5. The molecule has 1 aromatic heterocycles. The molecule has 0 bridgehead atoms. The minimum absolute atomic E-state index is 0.170. The Morgan fingerprint density at radius 1 is 1.28 bits per heavy atom. The van der Waals surface area contributed by atoms with Crippen LogP contribution in [0.3, 0.4) is 0 Å². The minimum atomic E-state index is 0.170. The topological polar surface area (TPSA) is 29.9 Å². The first-order chi connectivity index (χ1) is 8.60. The summed E-state index contributed by atoms with van der Waals surface area (Å²) < 4.78 is 1.80. The predicted octanol–water partition coefficient (Wildman–Crippen LogP) is 3.23. The number of hydrogen-bond acceptors (Lipinski definition) is 2. The first kappa shape index (κ1) is 13.4. The van der Waals surface area contributed by atoms with Gasteiger partial charge in [-0.15, -0.1) is 0 Å². The molecule has 96 valence electrons. The van der Waals surface area contributed by atoms with Gasteiger partial charge in [-0.1, -0.05) is 29.3 Å². The Kier molecular flexibility index (Phi) is 4.27. The summed E-state index contributed by atoms with van der Waals surface area (Å²) in [6.45, 7) is 0. The smallest absolute Gasteiger partial charge is 0.0797 e. The van der Waals surface area contributed by atoms with Crippen LogP contribution < -0.4 is 5.32 Å². The molecule has 2 rings (SSSR count). The van der Waals surface area contributed by atoms with E-state index < -0.39 is 0 Å². The zero-order valence-corrected chi connectivity index (χ0v) is 11.8. The highest BCUT2D eigenvalue weighted by molar-refractivity contribution is 6.42. The Morgan fingerprint density at radius 3 is 2.61 bits per heavy atom. The van der Waals surface area contributed by atoms with Gasteiger partial charge in [-0.3, -0.25) is 4.68 Å². The van der Waals surface area contributed by atoms with Crippen molar-refractivity contribution in [2.45, 2.75) is 12.5 Å². The summed E-state index contributed by atoms with van der Waals surface area (Å²) in [5.74, 6) is 0. The molecule has 18 heavy (non-hydrogen) atoms. The van der Waals surface area contributed by atoms with Gasteiger partial charge in [0.05, 0.1) is 21.8 Å². The van der Waals surface area contributed by atoms with Crippen LogP contribution in [0, 0.1) is 0 Å². The molecular formula is C13H15Cl2N3. The van der Waals surface area contributed by atoms with E-state index >= 15 is 0 Å². The number of hydrogen-bond donors (Lipinski definition) is 1. The fourth-order valence-electron chi connectivity index (χ4n) is 1.88. The number of nitrogens with one attached hydrogen (secondary N) is 1. The van der Waals surface area contributed by atoms with Gasteiger partial charge in [-0.25, -0.2) is 0 Å². The molecule has 1 atom stereocenters. The van der Waals surface area contributed by atoms with Gasteiger partial charge in [0.1, 0.15) is 0 Å². The highest BCUT2D eigenvalue weighted by Gasteiger charge is 2.13. The van der Waals surface area contributed by atoms with E-state index in [0.29, 0.717) is 10.0 Å². The second-order valence-corrected chi connectivity index (χ2v) is 5.02. The van der Waals surface area contributed by atoms with Gasteiger partial charge in [0.2, 0.25) is 0 Å². The minimum Gasteiger partial charge on any atom is -0.311 e. The third kappa shape index (κ3) is 3.05. The molecule has 1 unspecified atom stereocenters. The molecule has 0 saturated heterocycles. The van der Waals surface area contributed by atoms with Crippen molar-refractivity contribution in [2.24, 2.45) is 7.05 Å². The Bertz CT molecular complexity index is 537. The number of likely N-dealkylation sites (N-methyl/N-ethyl adjacent to an activating group) is 1. The second-order valence-electron chi connectivity index (χ2n) is 4.21. The monoisotopic (exact) mass is 283 g/mol. The molecule has 0 amide bonds. The van der Waals surface area contributed by atoms with Crippen molar-refractivity contribution in [1.82, 2.24) is 15.1 Å². The average Bonchev–Trinajstić information content (AvgIpc) is 2.77. The first-order valence-electron chi connectivity index (χ1n) is 5.71. The Labute approximate surface area is 117 Å². The van der Waals surface area contributed by atoms with Crippen molar-refractivity contribution >= 4 is 23.2 Å². The number of aryl methyl sites for hydroxylation is 1. The molecule has 0 saturated carbocycles. The van der Waals surface area contributed by atoms with Crippen LogP contribution >= 0.6 is 23.2 Å². The Morgan fingerprint density at radius 2 is 2.06 bits per heavy atom. The van der Waals surface area contributed by atoms with Crippen LogP contribution in [-0.4, -0.2) is 16.8 Å². The molecule has 1 aromatic carbocycles. The summed E-state index contributed by atoms with van der Waals surface area (Å²) >= 11 is 11.9. The van der Waals surface area contributed by atoms with Gasteiger partial charge >= 0.3 is 0 Å². The first-order valence-corrected chi connectivity index (χ1v) is 6.46. The van der Waals surface area contributed by atoms with Crippen LogP contribution in [0.2, 0.25) is 10.0 Å². The molecule has 3 nitrogen and oxygen atoms in total. The van der Waals surface area contributed by atoms with Crippen molar-refractivity contribution in [3.63, 3.8) is 0 Å². The zero-order chi connectivity index (χ0) is 13.1. The molecular weight excluding hydrogens is 269 g/mol. The lowest BCUT2D eigenvalue weighted by Crippen LogP contribution is -2.19. The van der Waals surface area contributed by atoms with Crippen molar-refractivity contribution < 1.29 is 0 Å². The molecule has 0 spiro atoms. The summed E-state index contributed by atoms with van der Waals surface area (Å²) in [5.41, 5.74) is 2.15. The second kappa shape index (κ2) is 5.74. The van der Waals surface area contributed by atoms with Crippen molar-refractivity contribution in [3.05, 3.63) is 51.8 Å². The number of rotatable bonds is 4. The normalized spacial score (nSPS) is 12.7. The number of nitrogens with zero attached hydrogens (tertiary/aromatic N) is 2. The van der Waals surface area contributed by atoms with Gasteiger partial charge in [-0.05, 0) is 37.2 Å². The van der Waals surface area contributed by atoms with E-state index in [1.165, 1.54) is 0 Å². The number of benzene rings is 1. The summed E-state index contributed by atoms with van der Waals surface area (Å²) in [7, 11) is 3.84. The Hall–Kier alpha value is -1.03. The summed E-state index contributed by atoms with van der Waals surface area (Å²) in [6, 6.07) is 7.89. The standard InChI is InChI=1S/C13H15Cl2N3/c1-16-13(12-5-6-18(2)17-12)8-9-3-4-10(14)11(15)7-9/h3-7,13,16H,8H2,1-2H3. The highest BCUT2D eigenvalue weighted by Crippen LogP contribution is 2.25.